The van der Waals surface area contributed by atoms with E-state index in [1.54, 1.807) is 6.07 Å². The molecule has 1 atom stereocenters. The molecule has 4 rings (SSSR count). The van der Waals surface area contributed by atoms with Gasteiger partial charge in [-0.2, -0.15) is 0 Å². The number of benzene rings is 2. The normalized spacial score (nSPS) is 14.9. The lowest BCUT2D eigenvalue weighted by Crippen LogP contribution is -2.35. The van der Waals surface area contributed by atoms with Crippen LogP contribution in [0.2, 0.25) is 5.02 Å². The van der Waals surface area contributed by atoms with Crippen molar-refractivity contribution in [1.29, 1.82) is 0 Å². The number of carboxylic acid groups (broad SMARTS) is 1. The fraction of sp³-hybridized carbons (Fsp3) is 0.452. The Bertz CT molecular complexity index is 1270. The fourth-order valence-corrected chi connectivity index (χ4v) is 5.77. The zero-order chi connectivity index (χ0) is 28.6. The highest BCUT2D eigenvalue weighted by atomic mass is 35.5. The first-order valence-corrected chi connectivity index (χ1v) is 14.4. The molecule has 0 saturated heterocycles. The number of carboxylic acids is 1. The lowest BCUT2D eigenvalue weighted by atomic mass is 9.88. The number of carbonyl (C=O) groups is 1. The summed E-state index contributed by atoms with van der Waals surface area (Å²) in [6.45, 7) is 3.83. The van der Waals surface area contributed by atoms with Gasteiger partial charge in [0.25, 0.3) is 0 Å². The fourth-order valence-electron chi connectivity index (χ4n) is 5.65. The predicted molar refractivity (Wildman–Crippen MR) is 152 cm³/mol. The molecule has 1 fully saturated rings. The molecule has 1 unspecified atom stereocenters. The van der Waals surface area contributed by atoms with Crippen molar-refractivity contribution in [3.8, 4) is 17.5 Å². The van der Waals surface area contributed by atoms with Gasteiger partial charge in [-0.05, 0) is 60.1 Å². The van der Waals surface area contributed by atoms with Crippen LogP contribution in [0.1, 0.15) is 68.2 Å². The Labute approximate surface area is 239 Å². The van der Waals surface area contributed by atoms with E-state index in [1.165, 1.54) is 48.1 Å². The van der Waals surface area contributed by atoms with Crippen molar-refractivity contribution < 1.29 is 29.2 Å². The third kappa shape index (κ3) is 7.70. The Morgan fingerprint density at radius 2 is 1.82 bits per heavy atom. The predicted octanol–water partition coefficient (Wildman–Crippen LogP) is 6.93. The summed E-state index contributed by atoms with van der Waals surface area (Å²) >= 11 is 5.94. The second-order valence-corrected chi connectivity index (χ2v) is 11.0. The molecule has 0 spiro atoms. The van der Waals surface area contributed by atoms with Gasteiger partial charge in [-0.3, -0.25) is 14.3 Å². The summed E-state index contributed by atoms with van der Waals surface area (Å²) in [6, 6.07) is 12.9. The number of hydrogen-bond acceptors (Lipinski definition) is 5. The monoisotopic (exact) mass is 572 g/mol. The Kier molecular flexibility index (Phi) is 10.3. The van der Waals surface area contributed by atoms with Gasteiger partial charge in [-0.25, -0.2) is 4.39 Å². The molecule has 1 heterocycles. The molecule has 1 aliphatic rings. The van der Waals surface area contributed by atoms with Gasteiger partial charge in [-0.1, -0.05) is 56.0 Å². The molecule has 1 saturated carbocycles. The summed E-state index contributed by atoms with van der Waals surface area (Å²) in [5.74, 6) is -0.367. The van der Waals surface area contributed by atoms with Crippen molar-refractivity contribution in [1.82, 2.24) is 9.47 Å². The van der Waals surface area contributed by atoms with Crippen LogP contribution in [-0.2, 0) is 24.3 Å². The topological polar surface area (TPSA) is 95.2 Å². The standard InChI is InChI=1S/C31H38ClFN2O5/c1-2-23-16-22(8-11-28(23)40-15-14-35-29(36)12-13-30(35)37)20-34(19-21-6-4-3-5-7-21)27(18-31(38)39)24-9-10-25(32)26(33)17-24/h8-13,16-17,21,27,36-37H,2-7,14-15,18-20H2,1H3,(H,38,39). The molecule has 3 aromatic rings. The summed E-state index contributed by atoms with van der Waals surface area (Å²) in [6.07, 6.45) is 6.35. The average Bonchev–Trinajstić information content (AvgIpc) is 3.26. The summed E-state index contributed by atoms with van der Waals surface area (Å²) < 4.78 is 21.8. The van der Waals surface area contributed by atoms with Gasteiger partial charge in [0.05, 0.1) is 18.0 Å². The summed E-state index contributed by atoms with van der Waals surface area (Å²) in [5, 5.41) is 29.5. The molecule has 7 nitrogen and oxygen atoms in total. The lowest BCUT2D eigenvalue weighted by molar-refractivity contribution is -0.138. The highest BCUT2D eigenvalue weighted by Gasteiger charge is 2.28. The highest BCUT2D eigenvalue weighted by molar-refractivity contribution is 6.30. The number of aryl methyl sites for hydroxylation is 1. The minimum absolute atomic E-state index is 0.0158. The SMILES string of the molecule is CCc1cc(CN(CC2CCCCC2)C(CC(=O)O)c2ccc(Cl)c(F)c2)ccc1OCCn1c(O)ccc1O. The number of rotatable bonds is 13. The highest BCUT2D eigenvalue weighted by Crippen LogP contribution is 2.34. The molecular formula is C31H38ClFN2O5. The van der Waals surface area contributed by atoms with Gasteiger partial charge in [0, 0.05) is 31.3 Å². The molecule has 40 heavy (non-hydrogen) atoms. The van der Waals surface area contributed by atoms with Crippen LogP contribution >= 0.6 is 11.6 Å². The van der Waals surface area contributed by atoms with Gasteiger partial charge in [0.15, 0.2) is 11.8 Å². The van der Waals surface area contributed by atoms with Crippen molar-refractivity contribution in [3.63, 3.8) is 0 Å². The average molecular weight is 573 g/mol. The van der Waals surface area contributed by atoms with Crippen LogP contribution in [0.25, 0.3) is 0 Å². The van der Waals surface area contributed by atoms with Gasteiger partial charge in [-0.15, -0.1) is 0 Å². The van der Waals surface area contributed by atoms with Crippen LogP contribution in [0.15, 0.2) is 48.5 Å². The molecule has 0 aliphatic heterocycles. The van der Waals surface area contributed by atoms with E-state index in [0.29, 0.717) is 24.6 Å². The summed E-state index contributed by atoms with van der Waals surface area (Å²) in [5.41, 5.74) is 2.63. The maximum Gasteiger partial charge on any atom is 0.305 e. The number of ether oxygens (including phenoxy) is 1. The Morgan fingerprint density at radius 1 is 1.10 bits per heavy atom. The maximum atomic E-state index is 14.5. The maximum absolute atomic E-state index is 14.5. The van der Waals surface area contributed by atoms with Crippen molar-refractivity contribution in [2.45, 2.75) is 71.0 Å². The van der Waals surface area contributed by atoms with E-state index in [9.17, 15) is 24.5 Å². The number of hydrogen-bond donors (Lipinski definition) is 3. The van der Waals surface area contributed by atoms with Gasteiger partial charge in [0.1, 0.15) is 18.2 Å². The van der Waals surface area contributed by atoms with E-state index in [1.807, 2.05) is 19.1 Å². The van der Waals surface area contributed by atoms with Crippen molar-refractivity contribution >= 4 is 17.6 Å². The van der Waals surface area contributed by atoms with Crippen LogP contribution in [0.4, 0.5) is 4.39 Å². The van der Waals surface area contributed by atoms with Crippen LogP contribution in [0.5, 0.6) is 17.5 Å². The smallest absolute Gasteiger partial charge is 0.305 e. The molecule has 0 bridgehead atoms. The van der Waals surface area contributed by atoms with Crippen molar-refractivity contribution in [2.24, 2.45) is 5.92 Å². The Morgan fingerprint density at radius 3 is 2.48 bits per heavy atom. The second-order valence-electron chi connectivity index (χ2n) is 10.6. The van der Waals surface area contributed by atoms with Gasteiger partial charge in [0.2, 0.25) is 0 Å². The van der Waals surface area contributed by atoms with E-state index in [-0.39, 0.29) is 29.8 Å². The minimum atomic E-state index is -0.938. The van der Waals surface area contributed by atoms with E-state index >= 15 is 0 Å². The number of aromatic nitrogens is 1. The molecule has 0 amide bonds. The zero-order valence-corrected chi connectivity index (χ0v) is 23.6. The molecule has 1 aliphatic carbocycles. The first kappa shape index (κ1) is 29.7. The quantitative estimate of drug-likeness (QED) is 0.205. The summed E-state index contributed by atoms with van der Waals surface area (Å²) in [4.78, 5) is 14.1. The van der Waals surface area contributed by atoms with Gasteiger partial charge >= 0.3 is 5.97 Å². The first-order chi connectivity index (χ1) is 19.2. The molecule has 2 aromatic carbocycles. The first-order valence-electron chi connectivity index (χ1n) is 14.0. The number of aliphatic carboxylic acids is 1. The van der Waals surface area contributed by atoms with Crippen LogP contribution in [0, 0.1) is 11.7 Å². The Hall–Kier alpha value is -3.23. The van der Waals surface area contributed by atoms with Crippen LogP contribution in [0.3, 0.4) is 0 Å². The van der Waals surface area contributed by atoms with Crippen LogP contribution in [-0.4, -0.2) is 43.9 Å². The second kappa shape index (κ2) is 13.9. The van der Waals surface area contributed by atoms with Crippen molar-refractivity contribution in [3.05, 3.63) is 76.1 Å². The van der Waals surface area contributed by atoms with E-state index < -0.39 is 17.8 Å². The molecule has 1 aromatic heterocycles. The van der Waals surface area contributed by atoms with E-state index in [4.69, 9.17) is 16.3 Å². The minimum Gasteiger partial charge on any atom is -0.494 e. The lowest BCUT2D eigenvalue weighted by Gasteiger charge is -2.36. The summed E-state index contributed by atoms with van der Waals surface area (Å²) in [7, 11) is 0. The molecule has 9 heteroatoms. The van der Waals surface area contributed by atoms with Crippen molar-refractivity contribution in [2.75, 3.05) is 13.2 Å². The van der Waals surface area contributed by atoms with E-state index in [0.717, 1.165) is 42.7 Å². The number of halogens is 2. The molecule has 3 N–H and O–H groups in total. The molecular weight excluding hydrogens is 535 g/mol. The molecule has 0 radical (unpaired) electrons. The number of aromatic hydroxyl groups is 2. The van der Waals surface area contributed by atoms with Crippen LogP contribution < -0.4 is 4.74 Å². The largest absolute Gasteiger partial charge is 0.494 e. The third-order valence-corrected chi connectivity index (χ3v) is 8.06. The van der Waals surface area contributed by atoms with E-state index in [2.05, 4.69) is 11.0 Å². The Balaban J connectivity index is 1.56. The molecule has 216 valence electrons. The number of nitrogens with zero attached hydrogens (tertiary/aromatic N) is 2. The zero-order valence-electron chi connectivity index (χ0n) is 22.9. The van der Waals surface area contributed by atoms with Gasteiger partial charge < -0.3 is 20.1 Å². The third-order valence-electron chi connectivity index (χ3n) is 7.75.